The topological polar surface area (TPSA) is 91.6 Å². The van der Waals surface area contributed by atoms with Gasteiger partial charge in [0.05, 0.1) is 5.69 Å². The van der Waals surface area contributed by atoms with Crippen molar-refractivity contribution >= 4 is 28.6 Å². The molecule has 5 aromatic rings. The summed E-state index contributed by atoms with van der Waals surface area (Å²) in [5.41, 5.74) is 4.43. The average molecular weight is 582 g/mol. The summed E-state index contributed by atoms with van der Waals surface area (Å²) in [4.78, 5) is 29.7. The lowest BCUT2D eigenvalue weighted by molar-refractivity contribution is -0.000557. The van der Waals surface area contributed by atoms with Crippen LogP contribution in [0.25, 0.3) is 39.2 Å². The van der Waals surface area contributed by atoms with Crippen molar-refractivity contribution in [1.82, 2.24) is 29.5 Å². The number of carbonyl (C=O) groups is 1. The standard InChI is InChI=1S/C33H36FN7O2/c1-32(2,3)43-31(42)40-18-4-13-33(21-40)14-19-39(20-15-33)27-10-9-26-37-28(22-5-7-23(34)8-6-22)29(41(26)38-27)24-11-16-35-30-25(24)12-17-36-30/h5-12,16-17H,4,13-15,18-21H2,1-3H3,(H,35,36). The number of hydrogen-bond acceptors (Lipinski definition) is 6. The largest absolute Gasteiger partial charge is 0.444 e. The van der Waals surface area contributed by atoms with E-state index in [1.807, 2.05) is 60.6 Å². The third-order valence-electron chi connectivity index (χ3n) is 8.76. The molecule has 0 bridgehead atoms. The molecule has 1 N–H and O–H groups in total. The van der Waals surface area contributed by atoms with Crippen LogP contribution < -0.4 is 4.90 Å². The number of pyridine rings is 1. The van der Waals surface area contributed by atoms with Gasteiger partial charge in [-0.2, -0.15) is 0 Å². The molecule has 0 saturated carbocycles. The Kier molecular flexibility index (Phi) is 6.59. The number of hydrogen-bond donors (Lipinski definition) is 1. The van der Waals surface area contributed by atoms with Crippen LogP contribution in [0.15, 0.2) is 60.9 Å². The molecule has 222 valence electrons. The number of fused-ring (bicyclic) bond motifs is 2. The van der Waals surface area contributed by atoms with Crippen LogP contribution in [0.5, 0.6) is 0 Å². The van der Waals surface area contributed by atoms with Crippen LogP contribution in [0.1, 0.15) is 46.5 Å². The molecule has 1 amide bonds. The Morgan fingerprint density at radius 3 is 2.56 bits per heavy atom. The summed E-state index contributed by atoms with van der Waals surface area (Å²) >= 11 is 0. The van der Waals surface area contributed by atoms with Gasteiger partial charge in [-0.1, -0.05) is 0 Å². The molecule has 0 radical (unpaired) electrons. The first-order valence-corrected chi connectivity index (χ1v) is 15.0. The number of rotatable bonds is 3. The van der Waals surface area contributed by atoms with E-state index in [0.29, 0.717) is 5.65 Å². The lowest BCUT2D eigenvalue weighted by atomic mass is 9.72. The van der Waals surface area contributed by atoms with Crippen LogP contribution in [-0.2, 0) is 4.74 Å². The fraction of sp³-hybridized carbons (Fsp3) is 0.394. The number of H-pyrrole nitrogens is 1. The first-order valence-electron chi connectivity index (χ1n) is 15.0. The molecule has 1 aromatic carbocycles. The van der Waals surface area contributed by atoms with Gasteiger partial charge in [0.15, 0.2) is 5.65 Å². The highest BCUT2D eigenvalue weighted by Crippen LogP contribution is 2.41. The number of aromatic amines is 1. The second-order valence-electron chi connectivity index (χ2n) is 12.9. The summed E-state index contributed by atoms with van der Waals surface area (Å²) in [5.74, 6) is 0.590. The Bertz CT molecular complexity index is 1800. The normalized spacial score (nSPS) is 17.2. The van der Waals surface area contributed by atoms with Gasteiger partial charge < -0.3 is 19.5 Å². The van der Waals surface area contributed by atoms with Crippen LogP contribution in [-0.4, -0.2) is 67.3 Å². The lowest BCUT2D eigenvalue weighted by Crippen LogP contribution is -2.52. The van der Waals surface area contributed by atoms with Crippen molar-refractivity contribution in [2.45, 2.75) is 52.1 Å². The van der Waals surface area contributed by atoms with Crippen LogP contribution in [0.2, 0.25) is 0 Å². The van der Waals surface area contributed by atoms with Gasteiger partial charge >= 0.3 is 6.09 Å². The number of benzene rings is 1. The van der Waals surface area contributed by atoms with Gasteiger partial charge in [-0.3, -0.25) is 0 Å². The highest BCUT2D eigenvalue weighted by atomic mass is 19.1. The molecule has 6 heterocycles. The number of anilines is 1. The molecule has 43 heavy (non-hydrogen) atoms. The second-order valence-corrected chi connectivity index (χ2v) is 12.9. The SMILES string of the molecule is CC(C)(C)OC(=O)N1CCCC2(CCN(c3ccc4nc(-c5ccc(F)cc5)c(-c5ccnc6[nH]ccc56)n4n3)CC2)C1. The number of ether oxygens (including phenoxy) is 1. The van der Waals surface area contributed by atoms with Crippen LogP contribution in [0.3, 0.4) is 0 Å². The van der Waals surface area contributed by atoms with Gasteiger partial charge in [0.25, 0.3) is 0 Å². The number of carbonyl (C=O) groups excluding carboxylic acids is 1. The van der Waals surface area contributed by atoms with E-state index in [9.17, 15) is 9.18 Å². The minimum atomic E-state index is -0.499. The lowest BCUT2D eigenvalue weighted by Gasteiger charge is -2.47. The molecule has 2 aliphatic heterocycles. The number of halogens is 1. The molecule has 4 aromatic heterocycles. The summed E-state index contributed by atoms with van der Waals surface area (Å²) in [7, 11) is 0. The van der Waals surface area contributed by atoms with E-state index < -0.39 is 5.60 Å². The molecular formula is C33H36FN7O2. The Hall–Kier alpha value is -4.47. The molecule has 2 saturated heterocycles. The van der Waals surface area contributed by atoms with E-state index in [2.05, 4.69) is 14.9 Å². The molecule has 2 fully saturated rings. The zero-order valence-electron chi connectivity index (χ0n) is 24.8. The molecule has 9 nitrogen and oxygen atoms in total. The van der Waals surface area contributed by atoms with E-state index in [4.69, 9.17) is 14.8 Å². The van der Waals surface area contributed by atoms with Crippen molar-refractivity contribution in [2.75, 3.05) is 31.1 Å². The van der Waals surface area contributed by atoms with Gasteiger partial charge in [0.2, 0.25) is 0 Å². The van der Waals surface area contributed by atoms with Crippen LogP contribution in [0, 0.1) is 11.2 Å². The Morgan fingerprint density at radius 2 is 1.79 bits per heavy atom. The van der Waals surface area contributed by atoms with E-state index in [-0.39, 0.29) is 17.3 Å². The van der Waals surface area contributed by atoms with E-state index in [0.717, 1.165) is 91.2 Å². The summed E-state index contributed by atoms with van der Waals surface area (Å²) in [6.07, 6.45) is 7.52. The van der Waals surface area contributed by atoms with Crippen molar-refractivity contribution in [2.24, 2.45) is 5.41 Å². The van der Waals surface area contributed by atoms with Crippen LogP contribution >= 0.6 is 0 Å². The number of nitrogens with one attached hydrogen (secondary N) is 1. The van der Waals surface area contributed by atoms with Crippen LogP contribution in [0.4, 0.5) is 15.0 Å². The predicted octanol–water partition coefficient (Wildman–Crippen LogP) is 6.70. The highest BCUT2D eigenvalue weighted by molar-refractivity contribution is 5.96. The summed E-state index contributed by atoms with van der Waals surface area (Å²) in [6.45, 7) is 8.94. The van der Waals surface area contributed by atoms with Crippen molar-refractivity contribution in [1.29, 1.82) is 0 Å². The average Bonchev–Trinajstić information content (AvgIpc) is 3.62. The molecule has 1 spiro atoms. The van der Waals surface area contributed by atoms with Crippen molar-refractivity contribution in [3.63, 3.8) is 0 Å². The summed E-state index contributed by atoms with van der Waals surface area (Å²) < 4.78 is 21.4. The number of imidazole rings is 1. The molecule has 2 aliphatic rings. The number of piperidine rings is 2. The zero-order chi connectivity index (χ0) is 29.8. The van der Waals surface area contributed by atoms with Gasteiger partial charge in [-0.25, -0.2) is 23.7 Å². The molecule has 10 heteroatoms. The maximum Gasteiger partial charge on any atom is 0.410 e. The first kappa shape index (κ1) is 27.4. The maximum absolute atomic E-state index is 13.8. The third-order valence-corrected chi connectivity index (χ3v) is 8.76. The Labute approximate surface area is 249 Å². The van der Waals surface area contributed by atoms with Gasteiger partial charge in [-0.15, -0.1) is 5.10 Å². The number of aromatic nitrogens is 5. The maximum atomic E-state index is 13.8. The van der Waals surface area contributed by atoms with Gasteiger partial charge in [0.1, 0.15) is 28.6 Å². The van der Waals surface area contributed by atoms with E-state index in [1.54, 1.807) is 18.3 Å². The van der Waals surface area contributed by atoms with Crippen molar-refractivity contribution < 1.29 is 13.9 Å². The first-order chi connectivity index (χ1) is 20.7. The number of nitrogens with zero attached hydrogens (tertiary/aromatic N) is 6. The smallest absolute Gasteiger partial charge is 0.410 e. The molecule has 0 aliphatic carbocycles. The fourth-order valence-corrected chi connectivity index (χ4v) is 6.62. The second kappa shape index (κ2) is 10.4. The Balaban J connectivity index is 1.20. The molecule has 0 unspecified atom stereocenters. The summed E-state index contributed by atoms with van der Waals surface area (Å²) in [6, 6.07) is 14.4. The quantitative estimate of drug-likeness (QED) is 0.255. The third kappa shape index (κ3) is 5.19. The zero-order valence-corrected chi connectivity index (χ0v) is 24.8. The summed E-state index contributed by atoms with van der Waals surface area (Å²) in [5, 5.41) is 6.10. The molecular weight excluding hydrogens is 545 g/mol. The number of amides is 1. The Morgan fingerprint density at radius 1 is 1.00 bits per heavy atom. The molecule has 7 rings (SSSR count). The molecule has 0 atom stereocenters. The highest BCUT2D eigenvalue weighted by Gasteiger charge is 2.41. The van der Waals surface area contributed by atoms with Crippen molar-refractivity contribution in [3.05, 3.63) is 66.7 Å². The minimum absolute atomic E-state index is 0.0998. The van der Waals surface area contributed by atoms with Gasteiger partial charge in [0, 0.05) is 55.1 Å². The fourth-order valence-electron chi connectivity index (χ4n) is 6.62. The minimum Gasteiger partial charge on any atom is -0.444 e. The van der Waals surface area contributed by atoms with E-state index in [1.165, 1.54) is 12.1 Å². The van der Waals surface area contributed by atoms with Crippen molar-refractivity contribution in [3.8, 4) is 22.5 Å². The van der Waals surface area contributed by atoms with E-state index >= 15 is 0 Å². The predicted molar refractivity (Wildman–Crippen MR) is 164 cm³/mol. The van der Waals surface area contributed by atoms with Gasteiger partial charge in [-0.05, 0) is 100 Å². The number of likely N-dealkylation sites (tertiary alicyclic amines) is 1. The monoisotopic (exact) mass is 581 g/mol.